The summed E-state index contributed by atoms with van der Waals surface area (Å²) in [6.07, 6.45) is 1.44. The Morgan fingerprint density at radius 2 is 1.92 bits per heavy atom. The molecule has 1 N–H and O–H groups in total. The summed E-state index contributed by atoms with van der Waals surface area (Å²) >= 11 is 0. The van der Waals surface area contributed by atoms with E-state index >= 15 is 0 Å². The first kappa shape index (κ1) is 25.8. The maximum atomic E-state index is 12.7. The molecule has 1 atom stereocenters. The Labute approximate surface area is 212 Å². The van der Waals surface area contributed by atoms with Crippen LogP contribution in [0.15, 0.2) is 48.5 Å². The van der Waals surface area contributed by atoms with Gasteiger partial charge in [0.1, 0.15) is 17.3 Å². The summed E-state index contributed by atoms with van der Waals surface area (Å²) in [5.74, 6) is 1.61. The predicted octanol–water partition coefficient (Wildman–Crippen LogP) is 4.59. The molecular weight excluding hydrogens is 478 g/mol. The Balaban J connectivity index is 1.55. The molecule has 36 heavy (non-hydrogen) atoms. The van der Waals surface area contributed by atoms with Crippen LogP contribution >= 0.6 is 0 Å². The van der Waals surface area contributed by atoms with Crippen LogP contribution in [0.2, 0.25) is 0 Å². The van der Waals surface area contributed by atoms with E-state index in [0.717, 1.165) is 23.3 Å². The van der Waals surface area contributed by atoms with Gasteiger partial charge in [0, 0.05) is 11.6 Å². The van der Waals surface area contributed by atoms with E-state index in [1.54, 1.807) is 10.7 Å². The van der Waals surface area contributed by atoms with Gasteiger partial charge in [0.25, 0.3) is 5.91 Å². The number of carbonyl (C=O) groups is 1. The number of hydrogen-bond acceptors (Lipinski definition) is 6. The largest absolute Gasteiger partial charge is 0.491 e. The summed E-state index contributed by atoms with van der Waals surface area (Å²) in [5, 5.41) is 7.57. The van der Waals surface area contributed by atoms with Crippen LogP contribution < -0.4 is 14.8 Å². The van der Waals surface area contributed by atoms with Crippen LogP contribution in [0.4, 0.5) is 5.82 Å². The van der Waals surface area contributed by atoms with E-state index in [1.807, 2.05) is 63.2 Å². The number of benzene rings is 2. The normalized spacial score (nSPS) is 16.8. The number of ether oxygens (including phenoxy) is 2. The van der Waals surface area contributed by atoms with Gasteiger partial charge < -0.3 is 14.8 Å². The monoisotopic (exact) mass is 511 g/mol. The zero-order chi connectivity index (χ0) is 25.9. The van der Waals surface area contributed by atoms with E-state index in [0.29, 0.717) is 23.7 Å². The molecule has 1 aliphatic rings. The lowest BCUT2D eigenvalue weighted by Crippen LogP contribution is -2.23. The van der Waals surface area contributed by atoms with Crippen LogP contribution in [0, 0.1) is 6.92 Å². The highest BCUT2D eigenvalue weighted by molar-refractivity contribution is 7.91. The lowest BCUT2D eigenvalue weighted by Gasteiger charge is -2.14. The van der Waals surface area contributed by atoms with Crippen LogP contribution in [0.25, 0.3) is 11.3 Å². The fourth-order valence-corrected chi connectivity index (χ4v) is 5.91. The maximum Gasteiger partial charge on any atom is 0.263 e. The average molecular weight is 512 g/mol. The molecule has 1 saturated heterocycles. The van der Waals surface area contributed by atoms with Crippen molar-refractivity contribution in [3.63, 3.8) is 0 Å². The van der Waals surface area contributed by atoms with Crippen molar-refractivity contribution in [2.75, 3.05) is 23.4 Å². The van der Waals surface area contributed by atoms with Crippen molar-refractivity contribution in [1.29, 1.82) is 0 Å². The predicted molar refractivity (Wildman–Crippen MR) is 140 cm³/mol. The molecule has 1 aliphatic heterocycles. The van der Waals surface area contributed by atoms with Crippen molar-refractivity contribution in [2.24, 2.45) is 0 Å². The quantitative estimate of drug-likeness (QED) is 0.451. The molecule has 1 fully saturated rings. The summed E-state index contributed by atoms with van der Waals surface area (Å²) in [4.78, 5) is 12.7. The SMILES string of the molecule is CCc1ccc(OCC(=O)Nc2cc(-c3ccc(OC(C)C)c(C)c3)nn2[C@H]2CCS(=O)(=O)C2)cc1. The van der Waals surface area contributed by atoms with Gasteiger partial charge in [-0.3, -0.25) is 4.79 Å². The van der Waals surface area contributed by atoms with Crippen LogP contribution in [0.5, 0.6) is 11.5 Å². The fourth-order valence-electron chi connectivity index (χ4n) is 4.22. The summed E-state index contributed by atoms with van der Waals surface area (Å²) < 4.78 is 37.4. The van der Waals surface area contributed by atoms with Gasteiger partial charge in [0.15, 0.2) is 16.4 Å². The second-order valence-electron chi connectivity index (χ2n) is 9.40. The van der Waals surface area contributed by atoms with Crippen LogP contribution in [-0.4, -0.2) is 48.3 Å². The molecule has 1 amide bonds. The minimum absolute atomic E-state index is 0.00252. The van der Waals surface area contributed by atoms with E-state index in [2.05, 4.69) is 12.2 Å². The highest BCUT2D eigenvalue weighted by atomic mass is 32.2. The van der Waals surface area contributed by atoms with Gasteiger partial charge in [-0.15, -0.1) is 0 Å². The molecule has 8 nitrogen and oxygen atoms in total. The third-order valence-corrected chi connectivity index (χ3v) is 7.84. The zero-order valence-electron chi connectivity index (χ0n) is 21.2. The van der Waals surface area contributed by atoms with Gasteiger partial charge in [-0.1, -0.05) is 19.1 Å². The van der Waals surface area contributed by atoms with Gasteiger partial charge in [-0.2, -0.15) is 5.10 Å². The third-order valence-electron chi connectivity index (χ3n) is 6.09. The molecule has 1 aromatic heterocycles. The smallest absolute Gasteiger partial charge is 0.263 e. The van der Waals surface area contributed by atoms with Crippen molar-refractivity contribution in [3.05, 3.63) is 59.7 Å². The highest BCUT2D eigenvalue weighted by Crippen LogP contribution is 2.32. The second-order valence-corrected chi connectivity index (χ2v) is 11.6. The minimum atomic E-state index is -3.13. The molecule has 0 saturated carbocycles. The first-order valence-electron chi connectivity index (χ1n) is 12.2. The van der Waals surface area contributed by atoms with E-state index < -0.39 is 9.84 Å². The van der Waals surface area contributed by atoms with E-state index in [1.165, 1.54) is 5.56 Å². The fraction of sp³-hybridized carbons (Fsp3) is 0.407. The summed E-state index contributed by atoms with van der Waals surface area (Å²) in [6, 6.07) is 14.8. The molecular formula is C27H33N3O5S. The number of sulfone groups is 1. The maximum absolute atomic E-state index is 12.7. The average Bonchev–Trinajstić information content (AvgIpc) is 3.41. The lowest BCUT2D eigenvalue weighted by atomic mass is 10.1. The summed E-state index contributed by atoms with van der Waals surface area (Å²) in [5.41, 5.74) is 3.65. The first-order chi connectivity index (χ1) is 17.1. The summed E-state index contributed by atoms with van der Waals surface area (Å²) in [6.45, 7) is 7.82. The number of aromatic nitrogens is 2. The first-order valence-corrected chi connectivity index (χ1v) is 14.0. The van der Waals surface area contributed by atoms with Gasteiger partial charge in [-0.05, 0) is 75.1 Å². The van der Waals surface area contributed by atoms with Crippen LogP contribution in [-0.2, 0) is 21.1 Å². The summed E-state index contributed by atoms with van der Waals surface area (Å²) in [7, 11) is -3.13. The Hall–Kier alpha value is -3.33. The molecule has 0 unspecified atom stereocenters. The molecule has 0 spiro atoms. The van der Waals surface area contributed by atoms with Gasteiger partial charge in [0.2, 0.25) is 0 Å². The number of hydrogen-bond donors (Lipinski definition) is 1. The number of nitrogens with zero attached hydrogens (tertiary/aromatic N) is 2. The van der Waals surface area contributed by atoms with Gasteiger partial charge in [-0.25, -0.2) is 13.1 Å². The molecule has 3 aromatic rings. The Bertz CT molecular complexity index is 1330. The van der Waals surface area contributed by atoms with Crippen molar-refractivity contribution in [2.45, 2.75) is 52.7 Å². The number of anilines is 1. The number of rotatable bonds is 9. The molecule has 0 radical (unpaired) electrons. The van der Waals surface area contributed by atoms with Crippen molar-refractivity contribution < 1.29 is 22.7 Å². The molecule has 0 aliphatic carbocycles. The Morgan fingerprint density at radius 3 is 2.53 bits per heavy atom. The highest BCUT2D eigenvalue weighted by Gasteiger charge is 2.32. The van der Waals surface area contributed by atoms with E-state index in [-0.39, 0.29) is 36.2 Å². The molecule has 9 heteroatoms. The second kappa shape index (κ2) is 10.7. The van der Waals surface area contributed by atoms with Gasteiger partial charge in [0.05, 0.1) is 29.3 Å². The standard InChI is InChI=1S/C27H33N3O5S/c1-5-20-6-9-23(10-7-20)34-16-27(31)28-26-15-24(29-30(26)22-12-13-36(32,33)17-22)21-8-11-25(19(4)14-21)35-18(2)3/h6-11,14-15,18,22H,5,12-13,16-17H2,1-4H3,(H,28,31)/t22-/m0/s1. The van der Waals surface area contributed by atoms with E-state index in [4.69, 9.17) is 14.6 Å². The van der Waals surface area contributed by atoms with Crippen molar-refractivity contribution in [1.82, 2.24) is 9.78 Å². The molecule has 4 rings (SSSR count). The number of nitrogens with one attached hydrogen (secondary N) is 1. The van der Waals surface area contributed by atoms with Gasteiger partial charge >= 0.3 is 0 Å². The Kier molecular flexibility index (Phi) is 7.68. The van der Waals surface area contributed by atoms with Crippen molar-refractivity contribution in [3.8, 4) is 22.8 Å². The number of carbonyl (C=O) groups excluding carboxylic acids is 1. The Morgan fingerprint density at radius 1 is 1.17 bits per heavy atom. The van der Waals surface area contributed by atoms with Crippen LogP contribution in [0.1, 0.15) is 44.4 Å². The zero-order valence-corrected chi connectivity index (χ0v) is 22.0. The number of amides is 1. The third kappa shape index (κ3) is 6.26. The lowest BCUT2D eigenvalue weighted by molar-refractivity contribution is -0.118. The molecule has 192 valence electrons. The van der Waals surface area contributed by atoms with Crippen LogP contribution in [0.3, 0.4) is 0 Å². The van der Waals surface area contributed by atoms with Crippen molar-refractivity contribution >= 4 is 21.6 Å². The van der Waals surface area contributed by atoms with E-state index in [9.17, 15) is 13.2 Å². The minimum Gasteiger partial charge on any atom is -0.491 e. The topological polar surface area (TPSA) is 99.5 Å². The molecule has 0 bridgehead atoms. The molecule has 2 aromatic carbocycles. The number of aryl methyl sites for hydroxylation is 2. The molecule has 2 heterocycles.